The van der Waals surface area contributed by atoms with Crippen molar-refractivity contribution >= 4 is 50.7 Å². The van der Waals surface area contributed by atoms with Gasteiger partial charge in [0.2, 0.25) is 11.8 Å². The average molecular weight is 607 g/mol. The second-order valence-electron chi connectivity index (χ2n) is 9.14. The Morgan fingerprint density at radius 1 is 0.975 bits per heavy atom. The Balaban J connectivity index is 2.00. The van der Waals surface area contributed by atoms with E-state index in [2.05, 4.69) is 5.32 Å². The number of nitrogens with zero attached hydrogens (tertiary/aromatic N) is 2. The number of sulfonamides is 1. The molecule has 0 aliphatic carbocycles. The Hall–Kier alpha value is -3.27. The van der Waals surface area contributed by atoms with E-state index in [1.54, 1.807) is 49.4 Å². The van der Waals surface area contributed by atoms with Crippen LogP contribution in [0.4, 0.5) is 5.69 Å². The van der Waals surface area contributed by atoms with Gasteiger partial charge in [-0.1, -0.05) is 54.7 Å². The number of unbranched alkanes of at least 4 members (excludes halogenated alkanes) is 1. The molecule has 1 N–H and O–H groups in total. The lowest BCUT2D eigenvalue weighted by Gasteiger charge is -2.32. The topological polar surface area (TPSA) is 96.0 Å². The zero-order valence-corrected chi connectivity index (χ0v) is 25.0. The zero-order valence-electron chi connectivity index (χ0n) is 22.6. The van der Waals surface area contributed by atoms with E-state index in [9.17, 15) is 18.0 Å². The number of hydrogen-bond acceptors (Lipinski definition) is 5. The van der Waals surface area contributed by atoms with Crippen LogP contribution in [-0.2, 0) is 26.2 Å². The number of anilines is 1. The summed E-state index contributed by atoms with van der Waals surface area (Å²) in [7, 11) is -2.73. The first-order valence-corrected chi connectivity index (χ1v) is 15.0. The number of nitrogens with one attached hydrogen (secondary N) is 1. The van der Waals surface area contributed by atoms with Gasteiger partial charge in [0.15, 0.2) is 0 Å². The van der Waals surface area contributed by atoms with Crippen LogP contribution in [0.3, 0.4) is 0 Å². The minimum Gasteiger partial charge on any atom is -0.497 e. The lowest BCUT2D eigenvalue weighted by Crippen LogP contribution is -2.51. The van der Waals surface area contributed by atoms with Gasteiger partial charge in [0.25, 0.3) is 10.0 Å². The summed E-state index contributed by atoms with van der Waals surface area (Å²) in [4.78, 5) is 28.2. The van der Waals surface area contributed by atoms with Crippen LogP contribution in [0.15, 0.2) is 77.7 Å². The Labute approximate surface area is 245 Å². The van der Waals surface area contributed by atoms with Gasteiger partial charge >= 0.3 is 0 Å². The predicted molar refractivity (Wildman–Crippen MR) is 158 cm³/mol. The maximum absolute atomic E-state index is 13.9. The van der Waals surface area contributed by atoms with Crippen molar-refractivity contribution in [3.63, 3.8) is 0 Å². The van der Waals surface area contributed by atoms with E-state index in [4.69, 9.17) is 27.9 Å². The number of methoxy groups -OCH3 is 1. The van der Waals surface area contributed by atoms with Crippen molar-refractivity contribution in [3.8, 4) is 5.75 Å². The van der Waals surface area contributed by atoms with Crippen LogP contribution < -0.4 is 14.4 Å². The van der Waals surface area contributed by atoms with Crippen molar-refractivity contribution < 1.29 is 22.7 Å². The molecule has 11 heteroatoms. The highest BCUT2D eigenvalue weighted by Crippen LogP contribution is 2.28. The molecule has 0 radical (unpaired) electrons. The molecule has 3 aromatic carbocycles. The first-order valence-electron chi connectivity index (χ1n) is 12.8. The number of rotatable bonds is 13. The van der Waals surface area contributed by atoms with Gasteiger partial charge in [-0.2, -0.15) is 0 Å². The van der Waals surface area contributed by atoms with Gasteiger partial charge in [-0.15, -0.1) is 0 Å². The van der Waals surface area contributed by atoms with Crippen LogP contribution in [0.5, 0.6) is 5.75 Å². The fourth-order valence-corrected chi connectivity index (χ4v) is 5.66. The van der Waals surface area contributed by atoms with Crippen molar-refractivity contribution in [2.45, 2.75) is 44.2 Å². The van der Waals surface area contributed by atoms with Gasteiger partial charge in [0, 0.05) is 23.1 Å². The van der Waals surface area contributed by atoms with Crippen LogP contribution in [0.2, 0.25) is 10.0 Å². The summed E-state index contributed by atoms with van der Waals surface area (Å²) in [5, 5.41) is 3.70. The smallest absolute Gasteiger partial charge is 0.264 e. The summed E-state index contributed by atoms with van der Waals surface area (Å²) in [6, 6.07) is 18.2. The lowest BCUT2D eigenvalue weighted by molar-refractivity contribution is -0.139. The van der Waals surface area contributed by atoms with Crippen LogP contribution >= 0.6 is 23.2 Å². The third-order valence-corrected chi connectivity index (χ3v) is 8.56. The molecule has 2 amide bonds. The van der Waals surface area contributed by atoms with E-state index in [-0.39, 0.29) is 23.0 Å². The van der Waals surface area contributed by atoms with E-state index in [1.165, 1.54) is 42.3 Å². The van der Waals surface area contributed by atoms with Gasteiger partial charge in [-0.3, -0.25) is 13.9 Å². The van der Waals surface area contributed by atoms with Gasteiger partial charge < -0.3 is 15.0 Å². The summed E-state index contributed by atoms with van der Waals surface area (Å²) >= 11 is 12.2. The molecule has 214 valence electrons. The van der Waals surface area contributed by atoms with Crippen LogP contribution in [-0.4, -0.2) is 51.4 Å². The fourth-order valence-electron chi connectivity index (χ4n) is 3.94. The fraction of sp³-hybridized carbons (Fsp3) is 0.310. The minimum atomic E-state index is -4.21. The van der Waals surface area contributed by atoms with Gasteiger partial charge in [-0.05, 0) is 73.5 Å². The molecule has 40 heavy (non-hydrogen) atoms. The quantitative estimate of drug-likeness (QED) is 0.258. The zero-order chi connectivity index (χ0) is 29.3. The average Bonchev–Trinajstić information content (AvgIpc) is 2.95. The molecular formula is C29H33Cl2N3O5S. The number of carbonyl (C=O) groups is 2. The second kappa shape index (κ2) is 14.4. The molecule has 0 aliphatic rings. The number of ether oxygens (including phenoxy) is 1. The number of halogens is 2. The Morgan fingerprint density at radius 3 is 2.25 bits per heavy atom. The van der Waals surface area contributed by atoms with E-state index in [1.807, 2.05) is 6.92 Å². The van der Waals surface area contributed by atoms with Gasteiger partial charge in [-0.25, -0.2) is 8.42 Å². The van der Waals surface area contributed by atoms with Crippen LogP contribution in [0.1, 0.15) is 32.3 Å². The molecule has 8 nitrogen and oxygen atoms in total. The number of carbonyl (C=O) groups excluding carboxylic acids is 2. The standard InChI is InChI=1S/C29H33Cl2N3O5S/c1-4-5-17-32-29(36)21(2)33(19-22-9-11-23(30)12-10-22)28(35)20-34(25-8-6-7-24(31)18-25)40(37,38)27-15-13-26(39-3)14-16-27/h6-16,18,21H,4-5,17,19-20H2,1-3H3,(H,32,36)/t21-/m0/s1. The summed E-state index contributed by atoms with van der Waals surface area (Å²) in [6.07, 6.45) is 1.70. The van der Waals surface area contributed by atoms with Crippen molar-refractivity contribution in [3.05, 3.63) is 88.4 Å². The first kappa shape index (κ1) is 31.3. The molecule has 0 heterocycles. The molecule has 0 saturated carbocycles. The summed E-state index contributed by atoms with van der Waals surface area (Å²) < 4.78 is 33.9. The molecule has 0 spiro atoms. The van der Waals surface area contributed by atoms with Crippen LogP contribution in [0.25, 0.3) is 0 Å². The Bertz CT molecular complexity index is 1400. The van der Waals surface area contributed by atoms with E-state index < -0.39 is 28.5 Å². The molecule has 3 rings (SSSR count). The molecular weight excluding hydrogens is 573 g/mol. The van der Waals surface area contributed by atoms with E-state index in [0.29, 0.717) is 22.3 Å². The third-order valence-electron chi connectivity index (χ3n) is 6.29. The monoisotopic (exact) mass is 605 g/mol. The molecule has 1 atom stereocenters. The maximum atomic E-state index is 13.9. The number of amides is 2. The molecule has 0 aromatic heterocycles. The molecule has 0 saturated heterocycles. The number of hydrogen-bond donors (Lipinski definition) is 1. The predicted octanol–water partition coefficient (Wildman–Crippen LogP) is 5.53. The molecule has 0 unspecified atom stereocenters. The normalized spacial score (nSPS) is 11.9. The highest BCUT2D eigenvalue weighted by Gasteiger charge is 2.32. The van der Waals surface area contributed by atoms with Gasteiger partial charge in [0.05, 0.1) is 17.7 Å². The SMILES string of the molecule is CCCCNC(=O)[C@H](C)N(Cc1ccc(Cl)cc1)C(=O)CN(c1cccc(Cl)c1)S(=O)(=O)c1ccc(OC)cc1. The molecule has 0 bridgehead atoms. The second-order valence-corrected chi connectivity index (χ2v) is 11.9. The molecule has 3 aromatic rings. The highest BCUT2D eigenvalue weighted by molar-refractivity contribution is 7.92. The largest absolute Gasteiger partial charge is 0.497 e. The summed E-state index contributed by atoms with van der Waals surface area (Å²) in [5.41, 5.74) is 0.946. The van der Waals surface area contributed by atoms with Crippen molar-refractivity contribution in [1.82, 2.24) is 10.2 Å². The van der Waals surface area contributed by atoms with Crippen molar-refractivity contribution in [2.75, 3.05) is 24.5 Å². The summed E-state index contributed by atoms with van der Waals surface area (Å²) in [5.74, 6) is -0.408. The third kappa shape index (κ3) is 8.13. The van der Waals surface area contributed by atoms with Crippen molar-refractivity contribution in [2.24, 2.45) is 0 Å². The maximum Gasteiger partial charge on any atom is 0.264 e. The minimum absolute atomic E-state index is 0.0318. The highest BCUT2D eigenvalue weighted by atomic mass is 35.5. The van der Waals surface area contributed by atoms with Crippen molar-refractivity contribution in [1.29, 1.82) is 0 Å². The molecule has 0 aliphatic heterocycles. The number of benzene rings is 3. The van der Waals surface area contributed by atoms with Gasteiger partial charge in [0.1, 0.15) is 18.3 Å². The lowest BCUT2D eigenvalue weighted by atomic mass is 10.1. The van der Waals surface area contributed by atoms with Crippen LogP contribution in [0, 0.1) is 0 Å². The first-order chi connectivity index (χ1) is 19.1. The Morgan fingerprint density at radius 2 is 1.65 bits per heavy atom. The van der Waals surface area contributed by atoms with E-state index in [0.717, 1.165) is 22.7 Å². The molecule has 0 fully saturated rings. The summed E-state index contributed by atoms with van der Waals surface area (Å²) in [6.45, 7) is 3.62. The van der Waals surface area contributed by atoms with E-state index >= 15 is 0 Å². The Kier molecular flexibility index (Phi) is 11.2.